The van der Waals surface area contributed by atoms with Gasteiger partial charge in [-0.05, 0) is 56.2 Å². The lowest BCUT2D eigenvalue weighted by molar-refractivity contribution is 0.163. The summed E-state index contributed by atoms with van der Waals surface area (Å²) in [7, 11) is 0. The second kappa shape index (κ2) is 7.59. The van der Waals surface area contributed by atoms with Crippen molar-refractivity contribution in [2.24, 2.45) is 5.92 Å². The summed E-state index contributed by atoms with van der Waals surface area (Å²) in [6.45, 7) is 2.79. The molecule has 1 saturated heterocycles. The summed E-state index contributed by atoms with van der Waals surface area (Å²) in [5, 5.41) is 0. The zero-order chi connectivity index (χ0) is 13.5. The second-order valence-electron chi connectivity index (χ2n) is 5.48. The Hall–Kier alpha value is -0.960. The lowest BCUT2D eigenvalue weighted by Crippen LogP contribution is -2.36. The number of aryl methyl sites for hydroxylation is 1. The van der Waals surface area contributed by atoms with Crippen molar-refractivity contribution in [1.82, 2.24) is 4.90 Å². The van der Waals surface area contributed by atoms with Gasteiger partial charge in [0.1, 0.15) is 5.82 Å². The van der Waals surface area contributed by atoms with E-state index < -0.39 is 0 Å². The zero-order valence-corrected chi connectivity index (χ0v) is 11.5. The molecule has 0 radical (unpaired) electrons. The normalized spacial score (nSPS) is 20.6. The lowest BCUT2D eigenvalue weighted by Gasteiger charge is -2.32. The molecule has 1 aromatic rings. The van der Waals surface area contributed by atoms with Gasteiger partial charge in [-0.2, -0.15) is 0 Å². The summed E-state index contributed by atoms with van der Waals surface area (Å²) in [5.41, 5.74) is 0.823. The van der Waals surface area contributed by atoms with Crippen LogP contribution in [0.2, 0.25) is 0 Å². The van der Waals surface area contributed by atoms with Crippen molar-refractivity contribution >= 4 is 0 Å². The van der Waals surface area contributed by atoms with Gasteiger partial charge < -0.3 is 4.90 Å². The maximum absolute atomic E-state index is 13.5. The van der Waals surface area contributed by atoms with Gasteiger partial charge in [-0.1, -0.05) is 18.2 Å². The fourth-order valence-electron chi connectivity index (χ4n) is 2.93. The minimum Gasteiger partial charge on any atom is -0.303 e. The highest BCUT2D eigenvalue weighted by Gasteiger charge is 2.19. The summed E-state index contributed by atoms with van der Waals surface area (Å²) >= 11 is 0. The first-order chi connectivity index (χ1) is 9.29. The second-order valence-corrected chi connectivity index (χ2v) is 5.48. The summed E-state index contributed by atoms with van der Waals surface area (Å²) in [4.78, 5) is 2.36. The molecule has 1 fully saturated rings. The Morgan fingerprint density at radius 1 is 1.26 bits per heavy atom. The van der Waals surface area contributed by atoms with Crippen molar-refractivity contribution in [3.05, 3.63) is 35.6 Å². The molecule has 1 aliphatic rings. The molecule has 106 valence electrons. The van der Waals surface area contributed by atoms with E-state index in [1.54, 1.807) is 6.07 Å². The van der Waals surface area contributed by atoms with E-state index in [2.05, 4.69) is 4.90 Å². The summed E-state index contributed by atoms with van der Waals surface area (Å²) in [6.07, 6.45) is 4.90. The molecule has 0 saturated carbocycles. The molecule has 1 heterocycles. The molecule has 1 aromatic carbocycles. The van der Waals surface area contributed by atoms with Gasteiger partial charge in [-0.3, -0.25) is 4.39 Å². The van der Waals surface area contributed by atoms with Gasteiger partial charge in [0.2, 0.25) is 0 Å². The molecular weight excluding hydrogens is 244 g/mol. The summed E-state index contributed by atoms with van der Waals surface area (Å²) < 4.78 is 25.7. The van der Waals surface area contributed by atoms with Gasteiger partial charge in [0.15, 0.2) is 0 Å². The van der Waals surface area contributed by atoms with Crippen molar-refractivity contribution in [3.63, 3.8) is 0 Å². The quantitative estimate of drug-likeness (QED) is 0.757. The van der Waals surface area contributed by atoms with Crippen LogP contribution in [0.5, 0.6) is 0 Å². The molecule has 1 aliphatic heterocycles. The fraction of sp³-hybridized carbons (Fsp3) is 0.625. The van der Waals surface area contributed by atoms with Crippen LogP contribution in [0.3, 0.4) is 0 Å². The van der Waals surface area contributed by atoms with E-state index in [0.717, 1.165) is 38.0 Å². The highest BCUT2D eigenvalue weighted by molar-refractivity contribution is 5.17. The molecule has 1 nitrogen and oxygen atoms in total. The molecule has 0 spiro atoms. The van der Waals surface area contributed by atoms with Crippen LogP contribution in [-0.4, -0.2) is 31.2 Å². The standard InChI is InChI=1S/C16H23F2N/c17-10-4-12-19-11-3-5-14(13-19)8-9-15-6-1-2-7-16(15)18/h1-2,6-7,14H,3-5,8-13H2. The Bertz CT molecular complexity index is 381. The Kier molecular flexibility index (Phi) is 5.77. The van der Waals surface area contributed by atoms with Gasteiger partial charge in [-0.25, -0.2) is 4.39 Å². The Morgan fingerprint density at radius 2 is 2.11 bits per heavy atom. The third kappa shape index (κ3) is 4.57. The Balaban J connectivity index is 1.78. The molecule has 1 unspecified atom stereocenters. The average Bonchev–Trinajstić information content (AvgIpc) is 2.45. The van der Waals surface area contributed by atoms with Crippen LogP contribution in [0, 0.1) is 11.7 Å². The molecule has 19 heavy (non-hydrogen) atoms. The monoisotopic (exact) mass is 267 g/mol. The van der Waals surface area contributed by atoms with Crippen LogP contribution in [0.1, 0.15) is 31.2 Å². The third-order valence-electron chi connectivity index (χ3n) is 3.99. The molecule has 0 aromatic heterocycles. The van der Waals surface area contributed by atoms with Crippen molar-refractivity contribution in [1.29, 1.82) is 0 Å². The van der Waals surface area contributed by atoms with E-state index >= 15 is 0 Å². The molecule has 0 amide bonds. The largest absolute Gasteiger partial charge is 0.303 e. The first kappa shape index (κ1) is 14.4. The molecule has 3 heteroatoms. The van der Waals surface area contributed by atoms with E-state index in [0.29, 0.717) is 12.3 Å². The first-order valence-electron chi connectivity index (χ1n) is 7.31. The van der Waals surface area contributed by atoms with Crippen LogP contribution in [0.25, 0.3) is 0 Å². The fourth-order valence-corrected chi connectivity index (χ4v) is 2.93. The topological polar surface area (TPSA) is 3.24 Å². The van der Waals surface area contributed by atoms with Crippen molar-refractivity contribution in [3.8, 4) is 0 Å². The first-order valence-corrected chi connectivity index (χ1v) is 7.31. The maximum atomic E-state index is 13.5. The smallest absolute Gasteiger partial charge is 0.126 e. The molecule has 1 atom stereocenters. The highest BCUT2D eigenvalue weighted by atomic mass is 19.1. The van der Waals surface area contributed by atoms with E-state index in [9.17, 15) is 8.78 Å². The molecular formula is C16H23F2N. The molecule has 0 bridgehead atoms. The van der Waals surface area contributed by atoms with Crippen molar-refractivity contribution in [2.45, 2.75) is 32.1 Å². The Morgan fingerprint density at radius 3 is 2.89 bits per heavy atom. The molecule has 2 rings (SSSR count). The number of hydrogen-bond donors (Lipinski definition) is 0. The minimum atomic E-state index is -0.226. The van der Waals surface area contributed by atoms with Gasteiger partial charge in [0.05, 0.1) is 6.67 Å². The zero-order valence-electron chi connectivity index (χ0n) is 11.5. The van der Waals surface area contributed by atoms with E-state index in [1.165, 1.54) is 18.9 Å². The third-order valence-corrected chi connectivity index (χ3v) is 3.99. The van der Waals surface area contributed by atoms with Crippen LogP contribution in [0.4, 0.5) is 8.78 Å². The molecule has 0 aliphatic carbocycles. The number of alkyl halides is 1. The van der Waals surface area contributed by atoms with Crippen LogP contribution in [0.15, 0.2) is 24.3 Å². The van der Waals surface area contributed by atoms with E-state index in [-0.39, 0.29) is 12.5 Å². The Labute approximate surface area is 114 Å². The van der Waals surface area contributed by atoms with Gasteiger partial charge >= 0.3 is 0 Å². The van der Waals surface area contributed by atoms with Crippen molar-refractivity contribution in [2.75, 3.05) is 26.3 Å². The van der Waals surface area contributed by atoms with E-state index in [1.807, 2.05) is 12.1 Å². The highest BCUT2D eigenvalue weighted by Crippen LogP contribution is 2.22. The van der Waals surface area contributed by atoms with Crippen LogP contribution >= 0.6 is 0 Å². The van der Waals surface area contributed by atoms with Crippen LogP contribution in [-0.2, 0) is 6.42 Å². The van der Waals surface area contributed by atoms with E-state index in [4.69, 9.17) is 0 Å². The van der Waals surface area contributed by atoms with Crippen molar-refractivity contribution < 1.29 is 8.78 Å². The van der Waals surface area contributed by atoms with Gasteiger partial charge in [0.25, 0.3) is 0 Å². The number of nitrogens with zero attached hydrogens (tertiary/aromatic N) is 1. The number of piperidine rings is 1. The van der Waals surface area contributed by atoms with Gasteiger partial charge in [-0.15, -0.1) is 0 Å². The predicted octanol–water partition coefficient (Wildman–Crippen LogP) is 3.83. The number of benzene rings is 1. The minimum absolute atomic E-state index is 0.0902. The van der Waals surface area contributed by atoms with Crippen LogP contribution < -0.4 is 0 Å². The predicted molar refractivity (Wildman–Crippen MR) is 74.5 cm³/mol. The summed E-state index contributed by atoms with van der Waals surface area (Å²) in [5.74, 6) is 0.542. The number of hydrogen-bond acceptors (Lipinski definition) is 1. The SMILES string of the molecule is FCCCN1CCCC(CCc2ccccc2F)C1. The lowest BCUT2D eigenvalue weighted by atomic mass is 9.91. The maximum Gasteiger partial charge on any atom is 0.126 e. The molecule has 0 N–H and O–H groups in total. The van der Waals surface area contributed by atoms with Gasteiger partial charge in [0, 0.05) is 13.1 Å². The number of halogens is 2. The number of rotatable bonds is 6. The average molecular weight is 267 g/mol. The summed E-state index contributed by atoms with van der Waals surface area (Å²) in [6, 6.07) is 7.04. The number of likely N-dealkylation sites (tertiary alicyclic amines) is 1.